The second-order valence-electron chi connectivity index (χ2n) is 8.11. The summed E-state index contributed by atoms with van der Waals surface area (Å²) in [7, 11) is 0. The molecule has 1 saturated heterocycles. The fourth-order valence-corrected chi connectivity index (χ4v) is 4.09. The molecule has 2 aliphatic heterocycles. The van der Waals surface area contributed by atoms with Gasteiger partial charge in [0.25, 0.3) is 0 Å². The average Bonchev–Trinajstić information content (AvgIpc) is 3.20. The largest absolute Gasteiger partial charge is 0.477 e. The molecule has 2 aromatic heterocycles. The summed E-state index contributed by atoms with van der Waals surface area (Å²) in [6.07, 6.45) is -3.38. The van der Waals surface area contributed by atoms with E-state index in [4.69, 9.17) is 14.2 Å². The molecule has 0 bridgehead atoms. The van der Waals surface area contributed by atoms with Gasteiger partial charge in [-0.15, -0.1) is 0 Å². The van der Waals surface area contributed by atoms with Crippen LogP contribution in [0.2, 0.25) is 0 Å². The molecule has 184 valence electrons. The minimum absolute atomic E-state index is 0.101. The van der Waals surface area contributed by atoms with Crippen LogP contribution in [-0.4, -0.2) is 46.9 Å². The second kappa shape index (κ2) is 9.17. The summed E-state index contributed by atoms with van der Waals surface area (Å²) < 4.78 is 70.9. The van der Waals surface area contributed by atoms with Gasteiger partial charge in [-0.1, -0.05) is 6.07 Å². The van der Waals surface area contributed by atoms with Crippen molar-refractivity contribution in [3.05, 3.63) is 70.2 Å². The Balaban J connectivity index is 1.21. The van der Waals surface area contributed by atoms with Crippen molar-refractivity contribution in [3.63, 3.8) is 0 Å². The molecule has 0 aliphatic carbocycles. The van der Waals surface area contributed by atoms with Crippen molar-refractivity contribution >= 4 is 5.82 Å². The highest BCUT2D eigenvalue weighted by atomic mass is 19.4. The molecule has 1 fully saturated rings. The molecule has 3 aromatic rings. The molecule has 0 radical (unpaired) electrons. The lowest BCUT2D eigenvalue weighted by atomic mass is 10.1. The van der Waals surface area contributed by atoms with E-state index in [1.807, 2.05) is 0 Å². The Morgan fingerprint density at radius 1 is 1.17 bits per heavy atom. The van der Waals surface area contributed by atoms with Crippen LogP contribution in [0.15, 0.2) is 47.4 Å². The van der Waals surface area contributed by atoms with E-state index in [9.17, 15) is 22.4 Å². The second-order valence-corrected chi connectivity index (χ2v) is 8.11. The molecule has 12 heteroatoms. The summed E-state index contributed by atoms with van der Waals surface area (Å²) in [5, 5.41) is 0. The standard InChI is InChI=1S/C23H20F4N4O4/c24-17-9-14(1-2-18(17)35-16-3-5-28-19(10-16)23(25,26)27)4-7-34-20-11-21-30-6-8-33-13-15(30)12-31(21)22(32)29-20/h1-3,5,9-11,15H,4,6-8,12-13H2. The maximum Gasteiger partial charge on any atom is 0.433 e. The van der Waals surface area contributed by atoms with Gasteiger partial charge in [-0.25, -0.2) is 9.18 Å². The van der Waals surface area contributed by atoms with Crippen LogP contribution in [0.4, 0.5) is 23.4 Å². The number of fused-ring (bicyclic) bond motifs is 3. The van der Waals surface area contributed by atoms with Gasteiger partial charge < -0.3 is 19.1 Å². The lowest BCUT2D eigenvalue weighted by molar-refractivity contribution is -0.141. The first kappa shape index (κ1) is 23.1. The van der Waals surface area contributed by atoms with E-state index >= 15 is 0 Å². The maximum absolute atomic E-state index is 14.5. The zero-order valence-corrected chi connectivity index (χ0v) is 18.3. The topological polar surface area (TPSA) is 78.7 Å². The summed E-state index contributed by atoms with van der Waals surface area (Å²) in [5.74, 6) is -0.209. The van der Waals surface area contributed by atoms with E-state index in [-0.39, 0.29) is 30.0 Å². The van der Waals surface area contributed by atoms with Crippen LogP contribution >= 0.6 is 0 Å². The van der Waals surface area contributed by atoms with Crippen LogP contribution in [-0.2, 0) is 23.9 Å². The number of alkyl halides is 3. The van der Waals surface area contributed by atoms with Crippen molar-refractivity contribution < 1.29 is 31.8 Å². The van der Waals surface area contributed by atoms with Gasteiger partial charge in [-0.3, -0.25) is 9.55 Å². The Morgan fingerprint density at radius 2 is 2.03 bits per heavy atom. The summed E-state index contributed by atoms with van der Waals surface area (Å²) >= 11 is 0. The van der Waals surface area contributed by atoms with E-state index in [0.29, 0.717) is 44.4 Å². The number of morpholine rings is 1. The van der Waals surface area contributed by atoms with Crippen LogP contribution in [0, 0.1) is 5.82 Å². The summed E-state index contributed by atoms with van der Waals surface area (Å²) in [6, 6.07) is 7.86. The Labute approximate surface area is 196 Å². The van der Waals surface area contributed by atoms with E-state index in [0.717, 1.165) is 12.0 Å². The zero-order chi connectivity index (χ0) is 24.6. The van der Waals surface area contributed by atoms with Gasteiger partial charge in [0.05, 0.1) is 32.4 Å². The number of rotatable bonds is 6. The van der Waals surface area contributed by atoms with Crippen LogP contribution in [0.3, 0.4) is 0 Å². The normalized spacial score (nSPS) is 17.1. The van der Waals surface area contributed by atoms with Gasteiger partial charge in [-0.2, -0.15) is 18.2 Å². The summed E-state index contributed by atoms with van der Waals surface area (Å²) in [6.45, 7) is 2.47. The molecule has 0 saturated carbocycles. The molecule has 0 spiro atoms. The lowest BCUT2D eigenvalue weighted by Crippen LogP contribution is -2.43. The smallest absolute Gasteiger partial charge is 0.433 e. The van der Waals surface area contributed by atoms with E-state index < -0.39 is 23.4 Å². The number of hydrogen-bond acceptors (Lipinski definition) is 7. The van der Waals surface area contributed by atoms with E-state index in [1.54, 1.807) is 16.7 Å². The van der Waals surface area contributed by atoms with Gasteiger partial charge in [0, 0.05) is 31.3 Å². The molecule has 5 rings (SSSR count). The fraction of sp³-hybridized carbons (Fsp3) is 0.348. The third-order valence-electron chi connectivity index (χ3n) is 5.77. The fourth-order valence-electron chi connectivity index (χ4n) is 4.09. The van der Waals surface area contributed by atoms with Crippen molar-refractivity contribution in [2.24, 2.45) is 0 Å². The number of halogens is 4. The molecule has 35 heavy (non-hydrogen) atoms. The Morgan fingerprint density at radius 3 is 2.83 bits per heavy atom. The number of aromatic nitrogens is 3. The Hall–Kier alpha value is -3.67. The monoisotopic (exact) mass is 492 g/mol. The van der Waals surface area contributed by atoms with Crippen LogP contribution in [0.5, 0.6) is 17.4 Å². The maximum atomic E-state index is 14.5. The molecule has 2 aliphatic rings. The molecular weight excluding hydrogens is 472 g/mol. The van der Waals surface area contributed by atoms with Crippen molar-refractivity contribution in [2.75, 3.05) is 31.3 Å². The number of hydrogen-bond donors (Lipinski definition) is 0. The first-order valence-corrected chi connectivity index (χ1v) is 10.9. The zero-order valence-electron chi connectivity index (χ0n) is 18.3. The predicted octanol–water partition coefficient (Wildman–Crippen LogP) is 3.43. The first-order chi connectivity index (χ1) is 16.8. The predicted molar refractivity (Wildman–Crippen MR) is 115 cm³/mol. The van der Waals surface area contributed by atoms with Crippen LogP contribution < -0.4 is 20.1 Å². The third-order valence-corrected chi connectivity index (χ3v) is 5.77. The first-order valence-electron chi connectivity index (χ1n) is 10.9. The Bertz CT molecular complexity index is 1300. The van der Waals surface area contributed by atoms with Crippen molar-refractivity contribution in [1.82, 2.24) is 14.5 Å². The van der Waals surface area contributed by atoms with Gasteiger partial charge in [0.15, 0.2) is 11.6 Å². The molecule has 8 nitrogen and oxygen atoms in total. The molecule has 1 atom stereocenters. The highest BCUT2D eigenvalue weighted by molar-refractivity contribution is 5.47. The minimum atomic E-state index is -4.63. The average molecular weight is 492 g/mol. The van der Waals surface area contributed by atoms with Crippen molar-refractivity contribution in [1.29, 1.82) is 0 Å². The number of nitrogens with zero attached hydrogens (tertiary/aromatic N) is 4. The van der Waals surface area contributed by atoms with Crippen LogP contribution in [0.25, 0.3) is 0 Å². The molecule has 0 amide bonds. The number of pyridine rings is 1. The highest BCUT2D eigenvalue weighted by Gasteiger charge is 2.34. The van der Waals surface area contributed by atoms with Crippen molar-refractivity contribution in [2.45, 2.75) is 25.2 Å². The third kappa shape index (κ3) is 4.92. The van der Waals surface area contributed by atoms with E-state index in [1.165, 1.54) is 18.2 Å². The lowest BCUT2D eigenvalue weighted by Gasteiger charge is -2.30. The molecule has 1 aromatic carbocycles. The van der Waals surface area contributed by atoms with Gasteiger partial charge >= 0.3 is 11.9 Å². The van der Waals surface area contributed by atoms with Gasteiger partial charge in [-0.05, 0) is 23.8 Å². The summed E-state index contributed by atoms with van der Waals surface area (Å²) in [5.41, 5.74) is -0.955. The van der Waals surface area contributed by atoms with Crippen molar-refractivity contribution in [3.8, 4) is 17.4 Å². The van der Waals surface area contributed by atoms with Gasteiger partial charge in [0.2, 0.25) is 5.88 Å². The van der Waals surface area contributed by atoms with Crippen LogP contribution in [0.1, 0.15) is 11.3 Å². The molecular formula is C23H20F4N4O4. The summed E-state index contributed by atoms with van der Waals surface area (Å²) in [4.78, 5) is 21.7. The highest BCUT2D eigenvalue weighted by Crippen LogP contribution is 2.32. The quantitative estimate of drug-likeness (QED) is 0.488. The number of ether oxygens (including phenoxy) is 3. The Kier molecular flexibility index (Phi) is 6.05. The minimum Gasteiger partial charge on any atom is -0.477 e. The SMILES string of the molecule is O=c1nc(OCCc2ccc(Oc3ccnc(C(F)(F)F)c3)c(F)c2)cc2n1CC1COCCN21. The van der Waals surface area contributed by atoms with Gasteiger partial charge in [0.1, 0.15) is 17.3 Å². The molecule has 4 heterocycles. The number of anilines is 1. The molecule has 0 N–H and O–H groups in total. The number of benzene rings is 1. The molecule has 1 unspecified atom stereocenters. The van der Waals surface area contributed by atoms with E-state index in [2.05, 4.69) is 14.9 Å².